The van der Waals surface area contributed by atoms with Crippen molar-refractivity contribution in [3.05, 3.63) is 11.7 Å². The van der Waals surface area contributed by atoms with Gasteiger partial charge >= 0.3 is 0 Å². The smallest absolute Gasteiger partial charge is 0.131 e. The zero-order valence-corrected chi connectivity index (χ0v) is 5.26. The first-order valence-electron chi connectivity index (χ1n) is 2.71. The maximum absolute atomic E-state index is 11.8. The van der Waals surface area contributed by atoms with E-state index in [2.05, 4.69) is 0 Å². The highest BCUT2D eigenvalue weighted by Gasteiger charge is 2.12. The van der Waals surface area contributed by atoms with Crippen LogP contribution < -0.4 is 0 Å². The molecule has 0 heterocycles. The van der Waals surface area contributed by atoms with Crippen LogP contribution in [0.5, 0.6) is 0 Å². The molecule has 0 nitrogen and oxygen atoms in total. The van der Waals surface area contributed by atoms with Crippen LogP contribution in [0.4, 0.5) is 13.2 Å². The van der Waals surface area contributed by atoms with Gasteiger partial charge in [-0.2, -0.15) is 0 Å². The molecule has 3 heteroatoms. The highest BCUT2D eigenvalue weighted by molar-refractivity contribution is 5.05. The fourth-order valence-electron chi connectivity index (χ4n) is 0.670. The van der Waals surface area contributed by atoms with E-state index in [0.29, 0.717) is 26.4 Å². The average Bonchev–Trinajstić information content (AvgIpc) is 2.23. The largest absolute Gasteiger partial charge is 0.255 e. The molecular weight excluding hydrogens is 129 g/mol. The number of rotatable bonds is 0. The fourth-order valence-corrected chi connectivity index (χ4v) is 0.670. The van der Waals surface area contributed by atoms with Gasteiger partial charge in [0, 0.05) is 12.8 Å². The Labute approximate surface area is 52.4 Å². The average molecular weight is 138 g/mol. The molecule has 0 fully saturated rings. The second kappa shape index (κ2) is 4.41. The van der Waals surface area contributed by atoms with Gasteiger partial charge in [0.1, 0.15) is 11.7 Å². The van der Waals surface area contributed by atoms with Gasteiger partial charge in [0.25, 0.3) is 0 Å². The van der Waals surface area contributed by atoms with Gasteiger partial charge in [-0.05, 0) is 6.42 Å². The van der Waals surface area contributed by atoms with E-state index >= 15 is 0 Å². The minimum Gasteiger partial charge on any atom is -0.255 e. The van der Waals surface area contributed by atoms with E-state index in [1.165, 1.54) is 0 Å². The van der Waals surface area contributed by atoms with Crippen LogP contribution in [0.2, 0.25) is 0 Å². The van der Waals surface area contributed by atoms with E-state index in [1.54, 1.807) is 0 Å². The molecule has 0 aromatic carbocycles. The van der Waals surface area contributed by atoms with Gasteiger partial charge < -0.3 is 0 Å². The van der Waals surface area contributed by atoms with Crippen molar-refractivity contribution in [3.8, 4) is 0 Å². The van der Waals surface area contributed by atoms with Crippen LogP contribution in [0.15, 0.2) is 11.7 Å². The number of halogens is 3. The molecule has 0 aliphatic heterocycles. The van der Waals surface area contributed by atoms with Crippen LogP contribution in [-0.4, -0.2) is 7.18 Å². The molecule has 0 aromatic rings. The summed E-state index contributed by atoms with van der Waals surface area (Å²) < 4.78 is 33.1. The van der Waals surface area contributed by atoms with Crippen molar-refractivity contribution >= 4 is 0 Å². The summed E-state index contributed by atoms with van der Waals surface area (Å²) in [4.78, 5) is 0. The monoisotopic (exact) mass is 138 g/mol. The molecule has 1 aliphatic rings. The zero-order valence-electron chi connectivity index (χ0n) is 5.26. The SMILES string of the molecule is CF.FC1=C(F)CCC1. The van der Waals surface area contributed by atoms with Crippen molar-refractivity contribution in [2.24, 2.45) is 0 Å². The van der Waals surface area contributed by atoms with Crippen LogP contribution in [-0.2, 0) is 0 Å². The van der Waals surface area contributed by atoms with Gasteiger partial charge in [0.05, 0.1) is 7.18 Å². The molecule has 0 aromatic heterocycles. The third kappa shape index (κ3) is 2.54. The Morgan fingerprint density at radius 2 is 1.33 bits per heavy atom. The quantitative estimate of drug-likeness (QED) is 0.482. The third-order valence-electron chi connectivity index (χ3n) is 1.09. The summed E-state index contributed by atoms with van der Waals surface area (Å²) in [6, 6.07) is 0. The van der Waals surface area contributed by atoms with Crippen LogP contribution in [0, 0.1) is 0 Å². The van der Waals surface area contributed by atoms with Gasteiger partial charge in [-0.25, -0.2) is 8.78 Å². The molecule has 0 saturated carbocycles. The Morgan fingerprint density at radius 3 is 1.44 bits per heavy atom. The van der Waals surface area contributed by atoms with E-state index in [1.807, 2.05) is 0 Å². The van der Waals surface area contributed by atoms with Gasteiger partial charge in [-0.15, -0.1) is 0 Å². The summed E-state index contributed by atoms with van der Waals surface area (Å²) in [7, 11) is 0.500. The standard InChI is InChI=1S/C5H6F2.CH3F/c6-4-2-1-3-5(4)7;1-2/h1-3H2;1H3. The lowest BCUT2D eigenvalue weighted by Crippen LogP contribution is -1.61. The molecular formula is C6H9F3. The molecule has 1 rings (SSSR count). The number of hydrogen-bond donors (Lipinski definition) is 0. The van der Waals surface area contributed by atoms with Crippen LogP contribution in [0.1, 0.15) is 19.3 Å². The predicted molar refractivity (Wildman–Crippen MR) is 30.1 cm³/mol. The first-order chi connectivity index (χ1) is 4.30. The summed E-state index contributed by atoms with van der Waals surface area (Å²) in [5.74, 6) is -1.08. The van der Waals surface area contributed by atoms with E-state index in [4.69, 9.17) is 0 Å². The maximum Gasteiger partial charge on any atom is 0.131 e. The first-order valence-corrected chi connectivity index (χ1v) is 2.71. The molecule has 0 atom stereocenters. The maximum atomic E-state index is 11.8. The van der Waals surface area contributed by atoms with Crippen molar-refractivity contribution < 1.29 is 13.2 Å². The van der Waals surface area contributed by atoms with E-state index in [9.17, 15) is 13.2 Å². The second-order valence-electron chi connectivity index (χ2n) is 1.66. The molecule has 0 unspecified atom stereocenters. The van der Waals surface area contributed by atoms with Crippen molar-refractivity contribution in [2.45, 2.75) is 19.3 Å². The zero-order chi connectivity index (χ0) is 7.28. The predicted octanol–water partition coefficient (Wildman–Crippen LogP) is 2.91. The van der Waals surface area contributed by atoms with Crippen molar-refractivity contribution in [1.29, 1.82) is 0 Å². The van der Waals surface area contributed by atoms with Crippen molar-refractivity contribution in [1.82, 2.24) is 0 Å². The lowest BCUT2D eigenvalue weighted by Gasteiger charge is -1.78. The Morgan fingerprint density at radius 1 is 1.00 bits per heavy atom. The van der Waals surface area contributed by atoms with Crippen LogP contribution in [0.25, 0.3) is 0 Å². The first kappa shape index (κ1) is 8.53. The minimum atomic E-state index is -0.542. The van der Waals surface area contributed by atoms with Gasteiger partial charge in [0.15, 0.2) is 0 Å². The molecule has 54 valence electrons. The summed E-state index contributed by atoms with van der Waals surface area (Å²) >= 11 is 0. The van der Waals surface area contributed by atoms with Crippen molar-refractivity contribution in [3.63, 3.8) is 0 Å². The molecule has 0 spiro atoms. The molecule has 0 radical (unpaired) electrons. The number of allylic oxidation sites excluding steroid dienone is 2. The number of hydrogen-bond acceptors (Lipinski definition) is 0. The molecule has 0 amide bonds. The third-order valence-corrected chi connectivity index (χ3v) is 1.09. The Hall–Kier alpha value is -0.470. The highest BCUT2D eigenvalue weighted by Crippen LogP contribution is 2.26. The van der Waals surface area contributed by atoms with E-state index in [-0.39, 0.29) is 0 Å². The normalized spacial score (nSPS) is 17.3. The molecule has 1 aliphatic carbocycles. The fraction of sp³-hybridized carbons (Fsp3) is 0.667. The van der Waals surface area contributed by atoms with E-state index in [0.717, 1.165) is 0 Å². The molecule has 0 bridgehead atoms. The summed E-state index contributed by atoms with van der Waals surface area (Å²) in [5.41, 5.74) is 0. The Balaban J connectivity index is 0.000000291. The summed E-state index contributed by atoms with van der Waals surface area (Å²) in [5, 5.41) is 0. The van der Waals surface area contributed by atoms with Gasteiger partial charge in [-0.1, -0.05) is 0 Å². The number of alkyl halides is 1. The van der Waals surface area contributed by atoms with Gasteiger partial charge in [0.2, 0.25) is 0 Å². The topological polar surface area (TPSA) is 0 Å². The lowest BCUT2D eigenvalue weighted by atomic mass is 10.4. The Kier molecular flexibility index (Phi) is 4.18. The Bertz CT molecular complexity index is 94.9. The van der Waals surface area contributed by atoms with Crippen molar-refractivity contribution in [2.75, 3.05) is 7.18 Å². The van der Waals surface area contributed by atoms with Gasteiger partial charge in [-0.3, -0.25) is 4.39 Å². The summed E-state index contributed by atoms with van der Waals surface area (Å²) in [6.07, 6.45) is 1.27. The molecule has 0 saturated heterocycles. The molecule has 0 N–H and O–H groups in total. The molecule has 9 heavy (non-hydrogen) atoms. The van der Waals surface area contributed by atoms with E-state index < -0.39 is 11.7 Å². The summed E-state index contributed by atoms with van der Waals surface area (Å²) in [6.45, 7) is 0. The minimum absolute atomic E-state index is 0.311. The lowest BCUT2D eigenvalue weighted by molar-refractivity contribution is 0.539. The van der Waals surface area contributed by atoms with Crippen LogP contribution in [0.3, 0.4) is 0 Å². The second-order valence-corrected chi connectivity index (χ2v) is 1.66. The highest BCUT2D eigenvalue weighted by atomic mass is 19.2. The van der Waals surface area contributed by atoms with Crippen LogP contribution >= 0.6 is 0 Å².